The summed E-state index contributed by atoms with van der Waals surface area (Å²) in [6.07, 6.45) is 4.31. The topological polar surface area (TPSA) is 66.5 Å². The van der Waals surface area contributed by atoms with Crippen molar-refractivity contribution in [1.29, 1.82) is 0 Å². The third kappa shape index (κ3) is 4.52. The van der Waals surface area contributed by atoms with E-state index in [9.17, 15) is 17.6 Å². The Bertz CT molecular complexity index is 825. The summed E-state index contributed by atoms with van der Waals surface area (Å²) in [4.78, 5) is 12.7. The molecule has 1 aromatic carbocycles. The third-order valence-corrected chi connectivity index (χ3v) is 8.57. The van der Waals surface area contributed by atoms with Crippen molar-refractivity contribution < 1.29 is 17.6 Å². The molecule has 1 saturated carbocycles. The first-order chi connectivity index (χ1) is 13.2. The highest BCUT2D eigenvalue weighted by Crippen LogP contribution is 2.31. The Morgan fingerprint density at radius 2 is 1.86 bits per heavy atom. The van der Waals surface area contributed by atoms with Gasteiger partial charge in [0.15, 0.2) is 0 Å². The van der Waals surface area contributed by atoms with Crippen molar-refractivity contribution in [3.63, 3.8) is 0 Å². The number of carbonyl (C=O) groups is 1. The number of nitrogens with zero attached hydrogens (tertiary/aromatic N) is 1. The maximum atomic E-state index is 13.3. The van der Waals surface area contributed by atoms with Gasteiger partial charge in [0, 0.05) is 25.0 Å². The number of piperidine rings is 1. The minimum Gasteiger partial charge on any atom is -0.353 e. The molecule has 1 saturated heterocycles. The molecule has 28 heavy (non-hydrogen) atoms. The molecule has 3 atom stereocenters. The maximum Gasteiger partial charge on any atom is 0.243 e. The average Bonchev–Trinajstić information content (AvgIpc) is 2.67. The number of carbonyl (C=O) groups excluding carboxylic acids is 1. The third-order valence-electron chi connectivity index (χ3n) is 6.39. The predicted molar refractivity (Wildman–Crippen MR) is 107 cm³/mol. The van der Waals surface area contributed by atoms with Gasteiger partial charge in [0.2, 0.25) is 15.9 Å². The van der Waals surface area contributed by atoms with E-state index in [1.54, 1.807) is 0 Å². The van der Waals surface area contributed by atoms with Crippen LogP contribution in [0, 0.1) is 23.6 Å². The van der Waals surface area contributed by atoms with Crippen LogP contribution in [0.15, 0.2) is 23.1 Å². The van der Waals surface area contributed by atoms with Crippen LogP contribution in [0.25, 0.3) is 0 Å². The lowest BCUT2D eigenvalue weighted by Crippen LogP contribution is -2.48. The van der Waals surface area contributed by atoms with E-state index in [1.807, 2.05) is 0 Å². The van der Waals surface area contributed by atoms with Gasteiger partial charge in [-0.25, -0.2) is 12.8 Å². The number of hydrogen-bond acceptors (Lipinski definition) is 3. The molecule has 0 spiro atoms. The van der Waals surface area contributed by atoms with Gasteiger partial charge in [-0.1, -0.05) is 38.3 Å². The van der Waals surface area contributed by atoms with Crippen molar-refractivity contribution in [2.45, 2.75) is 56.9 Å². The van der Waals surface area contributed by atoms with E-state index in [0.29, 0.717) is 24.7 Å². The highest BCUT2D eigenvalue weighted by Gasteiger charge is 2.34. The molecule has 3 rings (SSSR count). The van der Waals surface area contributed by atoms with Crippen LogP contribution < -0.4 is 5.32 Å². The molecule has 8 heteroatoms. The van der Waals surface area contributed by atoms with E-state index in [0.717, 1.165) is 25.0 Å². The molecule has 1 amide bonds. The SMILES string of the molecule is C[C@@H]1[C@H](C)CCC[C@@H]1NC(=O)C1CCN(S(=O)(=O)c2ccc(F)c(Cl)c2)CC1. The Morgan fingerprint density at radius 1 is 1.18 bits per heavy atom. The summed E-state index contributed by atoms with van der Waals surface area (Å²) < 4.78 is 40.2. The monoisotopic (exact) mass is 430 g/mol. The van der Waals surface area contributed by atoms with Gasteiger partial charge < -0.3 is 5.32 Å². The second-order valence-electron chi connectivity index (χ2n) is 8.14. The lowest BCUT2D eigenvalue weighted by molar-refractivity contribution is -0.127. The summed E-state index contributed by atoms with van der Waals surface area (Å²) in [6, 6.07) is 3.62. The zero-order valence-corrected chi connectivity index (χ0v) is 17.9. The van der Waals surface area contributed by atoms with E-state index in [2.05, 4.69) is 19.2 Å². The fourth-order valence-corrected chi connectivity index (χ4v) is 5.97. The van der Waals surface area contributed by atoms with Crippen LogP contribution in [-0.4, -0.2) is 37.8 Å². The van der Waals surface area contributed by atoms with Gasteiger partial charge in [-0.15, -0.1) is 0 Å². The number of amides is 1. The second kappa shape index (κ2) is 8.67. The predicted octanol–water partition coefficient (Wildman–Crippen LogP) is 3.82. The Morgan fingerprint density at radius 3 is 2.50 bits per heavy atom. The number of halogens is 2. The molecule has 2 aliphatic rings. The van der Waals surface area contributed by atoms with Gasteiger partial charge in [-0.2, -0.15) is 4.31 Å². The Balaban J connectivity index is 1.59. The van der Waals surface area contributed by atoms with Crippen LogP contribution in [0.2, 0.25) is 5.02 Å². The van der Waals surface area contributed by atoms with Crippen molar-refractivity contribution in [3.8, 4) is 0 Å². The number of sulfonamides is 1. The molecule has 1 aliphatic heterocycles. The van der Waals surface area contributed by atoms with Gasteiger partial charge in [0.25, 0.3) is 0 Å². The smallest absolute Gasteiger partial charge is 0.243 e. The molecule has 0 radical (unpaired) electrons. The fourth-order valence-electron chi connectivity index (χ4n) is 4.23. The van der Waals surface area contributed by atoms with Crippen molar-refractivity contribution in [3.05, 3.63) is 29.0 Å². The Labute approximate surface area is 171 Å². The maximum absolute atomic E-state index is 13.3. The van der Waals surface area contributed by atoms with Crippen molar-refractivity contribution in [2.24, 2.45) is 17.8 Å². The number of nitrogens with one attached hydrogen (secondary N) is 1. The van der Waals surface area contributed by atoms with E-state index < -0.39 is 15.8 Å². The molecule has 1 N–H and O–H groups in total. The molecule has 1 heterocycles. The summed E-state index contributed by atoms with van der Waals surface area (Å²) in [5, 5.41) is 2.99. The van der Waals surface area contributed by atoms with Crippen LogP contribution in [0.3, 0.4) is 0 Å². The molecule has 0 aromatic heterocycles. The largest absolute Gasteiger partial charge is 0.353 e. The van der Waals surface area contributed by atoms with Crippen LogP contribution in [0.1, 0.15) is 46.0 Å². The summed E-state index contributed by atoms with van der Waals surface area (Å²) in [5.41, 5.74) is 0. The molecule has 0 unspecified atom stereocenters. The van der Waals surface area contributed by atoms with Crippen molar-refractivity contribution in [2.75, 3.05) is 13.1 Å². The fraction of sp³-hybridized carbons (Fsp3) is 0.650. The number of hydrogen-bond donors (Lipinski definition) is 1. The first kappa shape index (κ1) is 21.5. The zero-order chi connectivity index (χ0) is 20.5. The van der Waals surface area contributed by atoms with Gasteiger partial charge in [0.1, 0.15) is 5.82 Å². The Kier molecular flexibility index (Phi) is 6.67. The van der Waals surface area contributed by atoms with Gasteiger partial charge in [-0.3, -0.25) is 4.79 Å². The van der Waals surface area contributed by atoms with Crippen LogP contribution in [-0.2, 0) is 14.8 Å². The molecular formula is C20H28ClFN2O3S. The highest BCUT2D eigenvalue weighted by molar-refractivity contribution is 7.89. The lowest BCUT2D eigenvalue weighted by Gasteiger charge is -2.36. The number of rotatable bonds is 4. The van der Waals surface area contributed by atoms with Crippen molar-refractivity contribution >= 4 is 27.5 Å². The molecule has 2 fully saturated rings. The normalized spacial score (nSPS) is 27.5. The second-order valence-corrected chi connectivity index (χ2v) is 10.5. The van der Waals surface area contributed by atoms with E-state index in [1.165, 1.54) is 16.8 Å². The first-order valence-electron chi connectivity index (χ1n) is 9.95. The molecule has 5 nitrogen and oxygen atoms in total. The molecule has 156 valence electrons. The van der Waals surface area contributed by atoms with Gasteiger partial charge in [-0.05, 0) is 49.3 Å². The minimum absolute atomic E-state index is 0.0215. The molecule has 1 aliphatic carbocycles. The zero-order valence-electron chi connectivity index (χ0n) is 16.3. The van der Waals surface area contributed by atoms with Crippen molar-refractivity contribution in [1.82, 2.24) is 9.62 Å². The lowest BCUT2D eigenvalue weighted by atomic mass is 9.78. The quantitative estimate of drug-likeness (QED) is 0.789. The van der Waals surface area contributed by atoms with Crippen LogP contribution >= 0.6 is 11.6 Å². The molecular weight excluding hydrogens is 403 g/mol. The molecule has 1 aromatic rings. The summed E-state index contributed by atoms with van der Waals surface area (Å²) in [7, 11) is -3.74. The average molecular weight is 431 g/mol. The van der Waals surface area contributed by atoms with Gasteiger partial charge >= 0.3 is 0 Å². The minimum atomic E-state index is -3.74. The highest BCUT2D eigenvalue weighted by atomic mass is 35.5. The van der Waals surface area contributed by atoms with E-state index >= 15 is 0 Å². The Hall–Kier alpha value is -1.18. The van der Waals surface area contributed by atoms with Crippen LogP contribution in [0.4, 0.5) is 4.39 Å². The number of benzene rings is 1. The summed E-state index contributed by atoms with van der Waals surface area (Å²) in [5.74, 6) is 0.276. The van der Waals surface area contributed by atoms with E-state index in [-0.39, 0.29) is 40.9 Å². The van der Waals surface area contributed by atoms with Gasteiger partial charge in [0.05, 0.1) is 9.92 Å². The molecule has 0 bridgehead atoms. The summed E-state index contributed by atoms with van der Waals surface area (Å²) >= 11 is 5.73. The first-order valence-corrected chi connectivity index (χ1v) is 11.8. The van der Waals surface area contributed by atoms with Crippen LogP contribution in [0.5, 0.6) is 0 Å². The van der Waals surface area contributed by atoms with E-state index in [4.69, 9.17) is 11.6 Å². The summed E-state index contributed by atoms with van der Waals surface area (Å²) in [6.45, 7) is 4.96. The standard InChI is InChI=1S/C20H28ClFN2O3S/c1-13-4-3-5-19(14(13)2)23-20(25)15-8-10-24(11-9-15)28(26,27)16-6-7-18(22)17(21)12-16/h6-7,12-15,19H,3-5,8-11H2,1-2H3,(H,23,25)/t13-,14-,19+/m1/s1.